The van der Waals surface area contributed by atoms with Crippen LogP contribution in [0, 0.1) is 0 Å². The summed E-state index contributed by atoms with van der Waals surface area (Å²) in [5, 5.41) is 9.69. The van der Waals surface area contributed by atoms with Crippen molar-refractivity contribution >= 4 is 40.4 Å². The van der Waals surface area contributed by atoms with E-state index < -0.39 is 0 Å². The number of halogens is 1. The summed E-state index contributed by atoms with van der Waals surface area (Å²) in [6, 6.07) is 6.78. The molecule has 0 saturated heterocycles. The Kier molecular flexibility index (Phi) is 5.36. The van der Waals surface area contributed by atoms with E-state index in [9.17, 15) is 9.59 Å². The molecule has 2 aromatic rings. The summed E-state index contributed by atoms with van der Waals surface area (Å²) >= 11 is 7.65. The molecule has 1 aromatic heterocycles. The monoisotopic (exact) mass is 322 g/mol. The molecular weight excluding hydrogens is 308 g/mol. The van der Waals surface area contributed by atoms with Crippen LogP contribution in [0.3, 0.4) is 0 Å². The van der Waals surface area contributed by atoms with Gasteiger partial charge in [-0.05, 0) is 47.0 Å². The van der Waals surface area contributed by atoms with Crippen LogP contribution < -0.4 is 10.6 Å². The highest BCUT2D eigenvalue weighted by Gasteiger charge is 2.10. The van der Waals surface area contributed by atoms with Crippen molar-refractivity contribution in [1.82, 2.24) is 5.32 Å². The van der Waals surface area contributed by atoms with E-state index in [0.29, 0.717) is 29.1 Å². The fourth-order valence-corrected chi connectivity index (χ4v) is 2.68. The SMILES string of the molecule is CNC(=O)c1ccc(Cl)c(NC(=O)CCc2ccsc2)c1. The van der Waals surface area contributed by atoms with Crippen LogP contribution in [-0.2, 0) is 11.2 Å². The molecule has 0 radical (unpaired) electrons. The van der Waals surface area contributed by atoms with E-state index in [1.54, 1.807) is 36.6 Å². The van der Waals surface area contributed by atoms with Gasteiger partial charge in [-0.3, -0.25) is 9.59 Å². The molecule has 0 aliphatic rings. The zero-order valence-corrected chi connectivity index (χ0v) is 13.1. The van der Waals surface area contributed by atoms with Gasteiger partial charge in [0.1, 0.15) is 0 Å². The van der Waals surface area contributed by atoms with Gasteiger partial charge in [0, 0.05) is 19.0 Å². The first-order valence-corrected chi connectivity index (χ1v) is 7.75. The molecule has 21 heavy (non-hydrogen) atoms. The minimum absolute atomic E-state index is 0.128. The molecule has 0 fully saturated rings. The lowest BCUT2D eigenvalue weighted by atomic mass is 10.1. The molecule has 2 N–H and O–H groups in total. The lowest BCUT2D eigenvalue weighted by Gasteiger charge is -2.09. The molecule has 0 atom stereocenters. The molecule has 0 aliphatic carbocycles. The Morgan fingerprint density at radius 1 is 1.29 bits per heavy atom. The summed E-state index contributed by atoms with van der Waals surface area (Å²) in [7, 11) is 1.55. The van der Waals surface area contributed by atoms with E-state index in [1.807, 2.05) is 16.8 Å². The number of rotatable bonds is 5. The number of benzene rings is 1. The second-order valence-electron chi connectivity index (χ2n) is 4.45. The molecule has 4 nitrogen and oxygen atoms in total. The zero-order chi connectivity index (χ0) is 15.2. The first kappa shape index (κ1) is 15.5. The molecule has 2 amide bonds. The van der Waals surface area contributed by atoms with Crippen LogP contribution in [0.15, 0.2) is 35.0 Å². The number of thiophene rings is 1. The van der Waals surface area contributed by atoms with Gasteiger partial charge in [0.25, 0.3) is 5.91 Å². The van der Waals surface area contributed by atoms with Gasteiger partial charge in [-0.1, -0.05) is 11.6 Å². The normalized spacial score (nSPS) is 10.2. The molecule has 0 bridgehead atoms. The Balaban J connectivity index is 2.01. The lowest BCUT2D eigenvalue weighted by Crippen LogP contribution is -2.18. The number of hydrogen-bond donors (Lipinski definition) is 2. The Bertz CT molecular complexity index is 641. The predicted octanol–water partition coefficient (Wildman–Crippen LogP) is 3.33. The summed E-state index contributed by atoms with van der Waals surface area (Å²) in [4.78, 5) is 23.5. The first-order chi connectivity index (χ1) is 10.1. The van der Waals surface area contributed by atoms with E-state index in [1.165, 1.54) is 0 Å². The third kappa shape index (κ3) is 4.31. The van der Waals surface area contributed by atoms with Crippen LogP contribution >= 0.6 is 22.9 Å². The summed E-state index contributed by atoms with van der Waals surface area (Å²) < 4.78 is 0. The van der Waals surface area contributed by atoms with Crippen molar-refractivity contribution in [2.24, 2.45) is 0 Å². The third-order valence-electron chi connectivity index (χ3n) is 2.95. The van der Waals surface area contributed by atoms with Gasteiger partial charge in [0.05, 0.1) is 10.7 Å². The molecule has 110 valence electrons. The summed E-state index contributed by atoms with van der Waals surface area (Å²) in [6.45, 7) is 0. The third-order valence-corrected chi connectivity index (χ3v) is 4.01. The minimum atomic E-state index is -0.222. The largest absolute Gasteiger partial charge is 0.355 e. The predicted molar refractivity (Wildman–Crippen MR) is 86.1 cm³/mol. The van der Waals surface area contributed by atoms with Gasteiger partial charge in [0.15, 0.2) is 0 Å². The second-order valence-corrected chi connectivity index (χ2v) is 5.64. The van der Waals surface area contributed by atoms with E-state index in [-0.39, 0.29) is 11.8 Å². The molecule has 0 aliphatic heterocycles. The molecule has 2 rings (SSSR count). The lowest BCUT2D eigenvalue weighted by molar-refractivity contribution is -0.116. The van der Waals surface area contributed by atoms with Gasteiger partial charge in [-0.15, -0.1) is 0 Å². The van der Waals surface area contributed by atoms with E-state index in [2.05, 4.69) is 10.6 Å². The van der Waals surface area contributed by atoms with E-state index >= 15 is 0 Å². The summed E-state index contributed by atoms with van der Waals surface area (Å²) in [5.74, 6) is -0.349. The van der Waals surface area contributed by atoms with E-state index in [4.69, 9.17) is 11.6 Å². The first-order valence-electron chi connectivity index (χ1n) is 6.42. The van der Waals surface area contributed by atoms with Crippen molar-refractivity contribution in [2.75, 3.05) is 12.4 Å². The Hall–Kier alpha value is -1.85. The van der Waals surface area contributed by atoms with Gasteiger partial charge in [-0.2, -0.15) is 11.3 Å². The zero-order valence-electron chi connectivity index (χ0n) is 11.5. The van der Waals surface area contributed by atoms with Crippen molar-refractivity contribution in [3.05, 3.63) is 51.2 Å². The second kappa shape index (κ2) is 7.24. The van der Waals surface area contributed by atoms with Gasteiger partial charge in [-0.25, -0.2) is 0 Å². The maximum atomic E-state index is 11.9. The summed E-state index contributed by atoms with van der Waals surface area (Å²) in [6.07, 6.45) is 1.05. The van der Waals surface area contributed by atoms with Gasteiger partial charge >= 0.3 is 0 Å². The highest BCUT2D eigenvalue weighted by Crippen LogP contribution is 2.23. The number of aryl methyl sites for hydroxylation is 1. The fourth-order valence-electron chi connectivity index (χ4n) is 1.81. The quantitative estimate of drug-likeness (QED) is 0.887. The molecule has 1 heterocycles. The van der Waals surface area contributed by atoms with Gasteiger partial charge < -0.3 is 10.6 Å². The topological polar surface area (TPSA) is 58.2 Å². The average molecular weight is 323 g/mol. The van der Waals surface area contributed by atoms with E-state index in [0.717, 1.165) is 5.56 Å². The molecule has 1 aromatic carbocycles. The molecule has 0 saturated carbocycles. The van der Waals surface area contributed by atoms with Gasteiger partial charge in [0.2, 0.25) is 5.91 Å². The molecule has 6 heteroatoms. The maximum Gasteiger partial charge on any atom is 0.251 e. The number of carbonyl (C=O) groups excluding carboxylic acids is 2. The van der Waals surface area contributed by atoms with Crippen LogP contribution in [0.25, 0.3) is 0 Å². The number of hydrogen-bond acceptors (Lipinski definition) is 3. The van der Waals surface area contributed by atoms with Crippen LogP contribution in [0.4, 0.5) is 5.69 Å². The Morgan fingerprint density at radius 3 is 2.76 bits per heavy atom. The minimum Gasteiger partial charge on any atom is -0.355 e. The number of nitrogens with one attached hydrogen (secondary N) is 2. The standard InChI is InChI=1S/C15H15ClN2O2S/c1-17-15(20)11-3-4-12(16)13(8-11)18-14(19)5-2-10-6-7-21-9-10/h3-4,6-9H,2,5H2,1H3,(H,17,20)(H,18,19). The molecule has 0 spiro atoms. The maximum absolute atomic E-state index is 11.9. The molecule has 0 unspecified atom stereocenters. The van der Waals surface area contributed by atoms with Crippen molar-refractivity contribution in [3.63, 3.8) is 0 Å². The van der Waals surface area contributed by atoms with Crippen molar-refractivity contribution in [3.8, 4) is 0 Å². The number of amides is 2. The van der Waals surface area contributed by atoms with Crippen LogP contribution in [0.5, 0.6) is 0 Å². The van der Waals surface area contributed by atoms with Crippen LogP contribution in [0.1, 0.15) is 22.3 Å². The van der Waals surface area contributed by atoms with Crippen LogP contribution in [0.2, 0.25) is 5.02 Å². The highest BCUT2D eigenvalue weighted by molar-refractivity contribution is 7.07. The highest BCUT2D eigenvalue weighted by atomic mass is 35.5. The van der Waals surface area contributed by atoms with Crippen molar-refractivity contribution in [1.29, 1.82) is 0 Å². The Morgan fingerprint density at radius 2 is 2.10 bits per heavy atom. The van der Waals surface area contributed by atoms with Crippen LogP contribution in [-0.4, -0.2) is 18.9 Å². The average Bonchev–Trinajstić information content (AvgIpc) is 3.00. The molecular formula is C15H15ClN2O2S. The fraction of sp³-hybridized carbons (Fsp3) is 0.200. The number of carbonyl (C=O) groups is 2. The summed E-state index contributed by atoms with van der Waals surface area (Å²) in [5.41, 5.74) is 2.04. The smallest absolute Gasteiger partial charge is 0.251 e. The number of anilines is 1. The Labute approximate surface area is 132 Å². The van der Waals surface area contributed by atoms with Crippen molar-refractivity contribution < 1.29 is 9.59 Å². The van der Waals surface area contributed by atoms with Crippen molar-refractivity contribution in [2.45, 2.75) is 12.8 Å².